The first-order valence-corrected chi connectivity index (χ1v) is 6.02. The molecule has 2 heterocycles. The van der Waals surface area contributed by atoms with Crippen LogP contribution in [-0.4, -0.2) is 21.3 Å². The summed E-state index contributed by atoms with van der Waals surface area (Å²) >= 11 is 3.42. The number of rotatable bonds is 1. The highest BCUT2D eigenvalue weighted by molar-refractivity contribution is 9.10. The molecule has 3 rings (SSSR count). The van der Waals surface area contributed by atoms with Crippen LogP contribution in [0, 0.1) is 0 Å². The zero-order chi connectivity index (χ0) is 11.0. The van der Waals surface area contributed by atoms with Gasteiger partial charge in [-0.15, -0.1) is 0 Å². The molecule has 1 aliphatic heterocycles. The van der Waals surface area contributed by atoms with Crippen molar-refractivity contribution in [3.8, 4) is 11.4 Å². The van der Waals surface area contributed by atoms with E-state index < -0.39 is 0 Å². The van der Waals surface area contributed by atoms with Crippen LogP contribution >= 0.6 is 15.9 Å². The van der Waals surface area contributed by atoms with Gasteiger partial charge in [0.25, 0.3) is 0 Å². The second-order valence-electron chi connectivity index (χ2n) is 3.76. The van der Waals surface area contributed by atoms with E-state index in [1.54, 1.807) is 0 Å². The molecule has 1 aromatic carbocycles. The Kier molecular flexibility index (Phi) is 2.49. The van der Waals surface area contributed by atoms with Gasteiger partial charge in [-0.1, -0.05) is 28.1 Å². The van der Waals surface area contributed by atoms with Gasteiger partial charge in [0, 0.05) is 16.6 Å². The summed E-state index contributed by atoms with van der Waals surface area (Å²) in [6.45, 7) is 2.68. The minimum Gasteiger partial charge on any atom is -0.308 e. The van der Waals surface area contributed by atoms with Crippen molar-refractivity contribution in [3.05, 3.63) is 34.6 Å². The maximum atomic E-state index is 4.52. The van der Waals surface area contributed by atoms with Crippen LogP contribution in [0.4, 0.5) is 0 Å². The second kappa shape index (κ2) is 3.99. The van der Waals surface area contributed by atoms with E-state index in [-0.39, 0.29) is 0 Å². The molecule has 4 nitrogen and oxygen atoms in total. The van der Waals surface area contributed by atoms with Gasteiger partial charge in [0.2, 0.25) is 0 Å². The maximum Gasteiger partial charge on any atom is 0.181 e. The van der Waals surface area contributed by atoms with Gasteiger partial charge in [-0.2, -0.15) is 5.10 Å². The van der Waals surface area contributed by atoms with E-state index in [2.05, 4.69) is 31.3 Å². The summed E-state index contributed by atoms with van der Waals surface area (Å²) in [5, 5.41) is 7.78. The molecular weight excluding hydrogens is 268 g/mol. The van der Waals surface area contributed by atoms with Crippen molar-refractivity contribution in [1.82, 2.24) is 20.1 Å². The Hall–Kier alpha value is -1.20. The molecule has 0 fully saturated rings. The third-order valence-corrected chi connectivity index (χ3v) is 3.16. The zero-order valence-electron chi connectivity index (χ0n) is 8.65. The lowest BCUT2D eigenvalue weighted by Crippen LogP contribution is -2.28. The average molecular weight is 279 g/mol. The van der Waals surface area contributed by atoms with Gasteiger partial charge in [-0.3, -0.25) is 0 Å². The lowest BCUT2D eigenvalue weighted by molar-refractivity contribution is 0.469. The highest BCUT2D eigenvalue weighted by Crippen LogP contribution is 2.19. The number of benzene rings is 1. The smallest absolute Gasteiger partial charge is 0.181 e. The largest absolute Gasteiger partial charge is 0.308 e. The Balaban J connectivity index is 2.00. The summed E-state index contributed by atoms with van der Waals surface area (Å²) in [7, 11) is 0. The molecule has 0 aliphatic carbocycles. The van der Waals surface area contributed by atoms with Crippen LogP contribution < -0.4 is 5.32 Å². The monoisotopic (exact) mass is 278 g/mol. The normalized spacial score (nSPS) is 14.8. The van der Waals surface area contributed by atoms with Crippen molar-refractivity contribution >= 4 is 15.9 Å². The molecular formula is C11H11BrN4. The van der Waals surface area contributed by atoms with Crippen LogP contribution in [0.3, 0.4) is 0 Å². The molecule has 0 amide bonds. The Morgan fingerprint density at radius 2 is 2.06 bits per heavy atom. The van der Waals surface area contributed by atoms with E-state index in [0.29, 0.717) is 0 Å². The molecule has 2 aromatic rings. The lowest BCUT2D eigenvalue weighted by Gasteiger charge is -2.11. The Morgan fingerprint density at radius 3 is 2.81 bits per heavy atom. The molecule has 0 saturated carbocycles. The summed E-state index contributed by atoms with van der Waals surface area (Å²) in [6, 6.07) is 8.07. The Morgan fingerprint density at radius 1 is 1.25 bits per heavy atom. The maximum absolute atomic E-state index is 4.52. The van der Waals surface area contributed by atoms with Crippen molar-refractivity contribution in [2.45, 2.75) is 13.1 Å². The molecule has 1 aromatic heterocycles. The SMILES string of the molecule is Brc1ccc(-c2nc3n(n2)CCNC3)cc1. The van der Waals surface area contributed by atoms with Crippen LogP contribution in [-0.2, 0) is 13.1 Å². The number of halogens is 1. The molecule has 82 valence electrons. The quantitative estimate of drug-likeness (QED) is 0.865. The molecule has 0 radical (unpaired) electrons. The predicted molar refractivity (Wildman–Crippen MR) is 64.9 cm³/mol. The van der Waals surface area contributed by atoms with Gasteiger partial charge in [0.1, 0.15) is 5.82 Å². The first-order valence-electron chi connectivity index (χ1n) is 5.23. The van der Waals surface area contributed by atoms with Crippen molar-refractivity contribution in [3.63, 3.8) is 0 Å². The number of fused-ring (bicyclic) bond motifs is 1. The predicted octanol–water partition coefficient (Wildman–Crippen LogP) is 1.81. The van der Waals surface area contributed by atoms with Gasteiger partial charge in [-0.05, 0) is 12.1 Å². The van der Waals surface area contributed by atoms with Crippen molar-refractivity contribution in [2.75, 3.05) is 6.54 Å². The van der Waals surface area contributed by atoms with Gasteiger partial charge < -0.3 is 5.32 Å². The fourth-order valence-electron chi connectivity index (χ4n) is 1.79. The van der Waals surface area contributed by atoms with E-state index in [4.69, 9.17) is 0 Å². The molecule has 0 bridgehead atoms. The van der Waals surface area contributed by atoms with Crippen LogP contribution in [0.15, 0.2) is 28.7 Å². The number of hydrogen-bond acceptors (Lipinski definition) is 3. The topological polar surface area (TPSA) is 42.7 Å². The number of nitrogens with one attached hydrogen (secondary N) is 1. The summed E-state index contributed by atoms with van der Waals surface area (Å²) < 4.78 is 3.05. The molecule has 0 unspecified atom stereocenters. The van der Waals surface area contributed by atoms with E-state index in [0.717, 1.165) is 41.3 Å². The summed E-state index contributed by atoms with van der Waals surface area (Å²) in [6.07, 6.45) is 0. The van der Waals surface area contributed by atoms with Gasteiger partial charge in [-0.25, -0.2) is 9.67 Å². The van der Waals surface area contributed by atoms with Gasteiger partial charge >= 0.3 is 0 Å². The standard InChI is InChI=1S/C11H11BrN4/c12-9-3-1-8(2-4-9)11-14-10-7-13-5-6-16(10)15-11/h1-4,13H,5-7H2. The van der Waals surface area contributed by atoms with Crippen LogP contribution in [0.5, 0.6) is 0 Å². The van der Waals surface area contributed by atoms with E-state index >= 15 is 0 Å². The molecule has 1 N–H and O–H groups in total. The van der Waals surface area contributed by atoms with Crippen molar-refractivity contribution in [1.29, 1.82) is 0 Å². The van der Waals surface area contributed by atoms with Crippen LogP contribution in [0.2, 0.25) is 0 Å². The van der Waals surface area contributed by atoms with Gasteiger partial charge in [0.15, 0.2) is 5.82 Å². The molecule has 5 heteroatoms. The highest BCUT2D eigenvalue weighted by atomic mass is 79.9. The Bertz CT molecular complexity index is 480. The lowest BCUT2D eigenvalue weighted by atomic mass is 10.2. The third kappa shape index (κ3) is 1.76. The van der Waals surface area contributed by atoms with Crippen LogP contribution in [0.1, 0.15) is 5.82 Å². The molecule has 16 heavy (non-hydrogen) atoms. The third-order valence-electron chi connectivity index (χ3n) is 2.63. The average Bonchev–Trinajstić information content (AvgIpc) is 2.73. The Labute approximate surface area is 102 Å². The van der Waals surface area contributed by atoms with E-state index in [1.165, 1.54) is 0 Å². The van der Waals surface area contributed by atoms with Crippen LogP contribution in [0.25, 0.3) is 11.4 Å². The van der Waals surface area contributed by atoms with Crippen molar-refractivity contribution < 1.29 is 0 Å². The van der Waals surface area contributed by atoms with E-state index in [1.807, 2.05) is 28.9 Å². The first-order chi connectivity index (χ1) is 7.83. The summed E-state index contributed by atoms with van der Waals surface area (Å²) in [4.78, 5) is 4.52. The molecule has 0 saturated heterocycles. The number of aromatic nitrogens is 3. The summed E-state index contributed by atoms with van der Waals surface area (Å²) in [5.41, 5.74) is 1.06. The van der Waals surface area contributed by atoms with E-state index in [9.17, 15) is 0 Å². The minimum absolute atomic E-state index is 0.809. The van der Waals surface area contributed by atoms with Crippen molar-refractivity contribution in [2.24, 2.45) is 0 Å². The number of nitrogens with zero attached hydrogens (tertiary/aromatic N) is 3. The molecule has 1 aliphatic rings. The fraction of sp³-hybridized carbons (Fsp3) is 0.273. The molecule has 0 atom stereocenters. The minimum atomic E-state index is 0.809. The second-order valence-corrected chi connectivity index (χ2v) is 4.67. The molecule has 0 spiro atoms. The first kappa shape index (κ1) is 9.99. The summed E-state index contributed by atoms with van der Waals surface area (Å²) in [5.74, 6) is 1.83. The number of hydrogen-bond donors (Lipinski definition) is 1. The van der Waals surface area contributed by atoms with Gasteiger partial charge in [0.05, 0.1) is 13.1 Å². The zero-order valence-corrected chi connectivity index (χ0v) is 10.2. The highest BCUT2D eigenvalue weighted by Gasteiger charge is 2.13. The fourth-order valence-corrected chi connectivity index (χ4v) is 2.05.